The van der Waals surface area contributed by atoms with Crippen LogP contribution in [0.5, 0.6) is 5.75 Å². The largest absolute Gasteiger partial charge is 0.490 e. The van der Waals surface area contributed by atoms with Gasteiger partial charge in [-0.1, -0.05) is 38.0 Å². The van der Waals surface area contributed by atoms with Gasteiger partial charge in [-0.2, -0.15) is 0 Å². The number of para-hydroxylation sites is 1. The summed E-state index contributed by atoms with van der Waals surface area (Å²) in [6.07, 6.45) is 3.56. The van der Waals surface area contributed by atoms with Crippen molar-refractivity contribution in [2.24, 2.45) is 0 Å². The maximum atomic E-state index is 5.71. The fraction of sp³-hybridized carbons (Fsp3) is 0.538. The van der Waals surface area contributed by atoms with Gasteiger partial charge in [0.25, 0.3) is 0 Å². The van der Waals surface area contributed by atoms with E-state index in [1.807, 2.05) is 30.3 Å². The van der Waals surface area contributed by atoms with Crippen LogP contribution in [-0.2, 0) is 4.74 Å². The van der Waals surface area contributed by atoms with Gasteiger partial charge in [0.05, 0.1) is 6.61 Å². The average molecular weight is 206 g/mol. The highest BCUT2D eigenvalue weighted by Gasteiger charge is 2.44. The number of rotatable bonds is 6. The minimum atomic E-state index is 0.0336. The topological polar surface area (TPSA) is 21.8 Å². The Kier molecular flexibility index (Phi) is 3.27. The van der Waals surface area contributed by atoms with E-state index in [1.54, 1.807) is 0 Å². The van der Waals surface area contributed by atoms with E-state index in [0.29, 0.717) is 6.61 Å². The van der Waals surface area contributed by atoms with Crippen LogP contribution in [0.15, 0.2) is 30.3 Å². The first-order valence-corrected chi connectivity index (χ1v) is 5.66. The van der Waals surface area contributed by atoms with Crippen molar-refractivity contribution in [3.63, 3.8) is 0 Å². The lowest BCUT2D eigenvalue weighted by Crippen LogP contribution is -2.21. The van der Waals surface area contributed by atoms with Crippen LogP contribution in [0.25, 0.3) is 0 Å². The van der Waals surface area contributed by atoms with Crippen LogP contribution in [0.2, 0.25) is 0 Å². The molecule has 0 saturated carbocycles. The van der Waals surface area contributed by atoms with Gasteiger partial charge < -0.3 is 9.47 Å². The Balaban J connectivity index is 1.78. The molecule has 1 heterocycles. The zero-order valence-electron chi connectivity index (χ0n) is 9.24. The van der Waals surface area contributed by atoms with Gasteiger partial charge in [0.1, 0.15) is 18.0 Å². The quantitative estimate of drug-likeness (QED) is 0.667. The van der Waals surface area contributed by atoms with E-state index >= 15 is 0 Å². The minimum Gasteiger partial charge on any atom is -0.490 e. The molecule has 1 aromatic rings. The van der Waals surface area contributed by atoms with Crippen molar-refractivity contribution in [2.45, 2.75) is 31.8 Å². The highest BCUT2D eigenvalue weighted by Crippen LogP contribution is 2.33. The van der Waals surface area contributed by atoms with E-state index in [2.05, 4.69) is 6.92 Å². The number of hydrogen-bond acceptors (Lipinski definition) is 2. The molecular formula is C13H18O2. The van der Waals surface area contributed by atoms with Gasteiger partial charge in [0, 0.05) is 0 Å². The van der Waals surface area contributed by atoms with Crippen molar-refractivity contribution in [1.82, 2.24) is 0 Å². The third kappa shape index (κ3) is 2.96. The van der Waals surface area contributed by atoms with E-state index < -0.39 is 0 Å². The summed E-state index contributed by atoms with van der Waals surface area (Å²) in [5.74, 6) is 0.934. The minimum absolute atomic E-state index is 0.0336. The first-order valence-electron chi connectivity index (χ1n) is 5.66. The van der Waals surface area contributed by atoms with Crippen LogP contribution in [0.1, 0.15) is 26.2 Å². The molecule has 1 aromatic carbocycles. The Morgan fingerprint density at radius 1 is 1.33 bits per heavy atom. The zero-order chi connectivity index (χ0) is 10.6. The molecule has 2 nitrogen and oxygen atoms in total. The number of unbranched alkanes of at least 4 members (excludes halogenated alkanes) is 1. The van der Waals surface area contributed by atoms with Crippen LogP contribution in [-0.4, -0.2) is 18.8 Å². The summed E-state index contributed by atoms with van der Waals surface area (Å²) in [7, 11) is 0. The molecule has 1 unspecified atom stereocenters. The molecule has 1 aliphatic heterocycles. The summed E-state index contributed by atoms with van der Waals surface area (Å²) >= 11 is 0. The number of ether oxygens (including phenoxy) is 2. The molecular weight excluding hydrogens is 188 g/mol. The molecule has 1 aliphatic rings. The Hall–Kier alpha value is -1.02. The van der Waals surface area contributed by atoms with E-state index in [9.17, 15) is 0 Å². The van der Waals surface area contributed by atoms with Gasteiger partial charge in [-0.15, -0.1) is 0 Å². The number of epoxide rings is 1. The fourth-order valence-corrected chi connectivity index (χ4v) is 1.63. The second-order valence-corrected chi connectivity index (χ2v) is 4.18. The summed E-state index contributed by atoms with van der Waals surface area (Å²) in [6.45, 7) is 3.75. The second kappa shape index (κ2) is 4.67. The summed E-state index contributed by atoms with van der Waals surface area (Å²) in [5.41, 5.74) is 0.0336. The lowest BCUT2D eigenvalue weighted by atomic mass is 10.0. The van der Waals surface area contributed by atoms with Gasteiger partial charge in [0.15, 0.2) is 0 Å². The highest BCUT2D eigenvalue weighted by molar-refractivity contribution is 5.21. The molecule has 15 heavy (non-hydrogen) atoms. The molecule has 0 amide bonds. The summed E-state index contributed by atoms with van der Waals surface area (Å²) < 4.78 is 11.2. The molecule has 2 heteroatoms. The predicted octanol–water partition coefficient (Wildman–Crippen LogP) is 3.02. The first-order chi connectivity index (χ1) is 7.35. The number of hydrogen-bond donors (Lipinski definition) is 0. The van der Waals surface area contributed by atoms with E-state index in [1.165, 1.54) is 12.8 Å². The van der Waals surface area contributed by atoms with Crippen molar-refractivity contribution in [1.29, 1.82) is 0 Å². The van der Waals surface area contributed by atoms with Crippen LogP contribution < -0.4 is 4.74 Å². The normalized spacial score (nSPS) is 23.8. The van der Waals surface area contributed by atoms with Crippen molar-refractivity contribution in [3.8, 4) is 5.75 Å². The Morgan fingerprint density at radius 3 is 2.67 bits per heavy atom. The lowest BCUT2D eigenvalue weighted by Gasteiger charge is -2.12. The van der Waals surface area contributed by atoms with Gasteiger partial charge in [0.2, 0.25) is 0 Å². The second-order valence-electron chi connectivity index (χ2n) is 4.18. The van der Waals surface area contributed by atoms with Crippen molar-refractivity contribution >= 4 is 0 Å². The van der Waals surface area contributed by atoms with Crippen molar-refractivity contribution in [3.05, 3.63) is 30.3 Å². The fourth-order valence-electron chi connectivity index (χ4n) is 1.63. The van der Waals surface area contributed by atoms with Crippen LogP contribution in [0.3, 0.4) is 0 Å². The third-order valence-electron chi connectivity index (χ3n) is 2.78. The van der Waals surface area contributed by atoms with E-state index in [-0.39, 0.29) is 5.60 Å². The molecule has 1 atom stereocenters. The lowest BCUT2D eigenvalue weighted by molar-refractivity contribution is 0.178. The van der Waals surface area contributed by atoms with Gasteiger partial charge >= 0.3 is 0 Å². The van der Waals surface area contributed by atoms with Gasteiger partial charge in [-0.3, -0.25) is 0 Å². The molecule has 1 saturated heterocycles. The van der Waals surface area contributed by atoms with Crippen molar-refractivity contribution < 1.29 is 9.47 Å². The standard InChI is InChI=1S/C13H18O2/c1-2-3-9-13(11-15-13)10-14-12-7-5-4-6-8-12/h4-8H,2-3,9-11H2,1H3. The molecule has 0 N–H and O–H groups in total. The molecule has 0 spiro atoms. The SMILES string of the molecule is CCCCC1(COc2ccccc2)CO1. The number of benzene rings is 1. The van der Waals surface area contributed by atoms with E-state index in [0.717, 1.165) is 18.8 Å². The Bertz CT molecular complexity index is 291. The molecule has 0 bridgehead atoms. The maximum Gasteiger partial charge on any atom is 0.125 e. The Morgan fingerprint density at radius 2 is 2.07 bits per heavy atom. The monoisotopic (exact) mass is 206 g/mol. The van der Waals surface area contributed by atoms with E-state index in [4.69, 9.17) is 9.47 Å². The van der Waals surface area contributed by atoms with Crippen LogP contribution in [0.4, 0.5) is 0 Å². The maximum absolute atomic E-state index is 5.71. The highest BCUT2D eigenvalue weighted by atomic mass is 16.6. The molecule has 0 aromatic heterocycles. The molecule has 1 fully saturated rings. The zero-order valence-corrected chi connectivity index (χ0v) is 9.24. The summed E-state index contributed by atoms with van der Waals surface area (Å²) in [5, 5.41) is 0. The summed E-state index contributed by atoms with van der Waals surface area (Å²) in [6, 6.07) is 9.93. The summed E-state index contributed by atoms with van der Waals surface area (Å²) in [4.78, 5) is 0. The predicted molar refractivity (Wildman–Crippen MR) is 60.1 cm³/mol. The molecule has 2 rings (SSSR count). The molecule has 0 radical (unpaired) electrons. The smallest absolute Gasteiger partial charge is 0.125 e. The van der Waals surface area contributed by atoms with Gasteiger partial charge in [-0.05, 0) is 18.6 Å². The molecule has 0 aliphatic carbocycles. The average Bonchev–Trinajstić information content (AvgIpc) is 3.06. The van der Waals surface area contributed by atoms with Crippen molar-refractivity contribution in [2.75, 3.05) is 13.2 Å². The Labute approximate surface area is 91.2 Å². The molecule has 82 valence electrons. The van der Waals surface area contributed by atoms with Gasteiger partial charge in [-0.25, -0.2) is 0 Å². The van der Waals surface area contributed by atoms with Crippen LogP contribution >= 0.6 is 0 Å². The van der Waals surface area contributed by atoms with Crippen LogP contribution in [0, 0.1) is 0 Å². The third-order valence-corrected chi connectivity index (χ3v) is 2.78. The first kappa shape index (κ1) is 10.5.